The fourth-order valence-corrected chi connectivity index (χ4v) is 8.07. The van der Waals surface area contributed by atoms with Crippen molar-refractivity contribution in [3.05, 3.63) is 77.4 Å². The fourth-order valence-electron chi connectivity index (χ4n) is 5.49. The molecular formula is C34H49NO5Si2. The molecule has 1 heterocycles. The first-order valence-corrected chi connectivity index (χ1v) is 20.8. The number of hydrogen-bond acceptors (Lipinski definition) is 5. The van der Waals surface area contributed by atoms with Gasteiger partial charge in [0, 0.05) is 5.69 Å². The van der Waals surface area contributed by atoms with Crippen molar-refractivity contribution >= 4 is 34.2 Å². The Morgan fingerprint density at radius 3 is 2.00 bits per heavy atom. The van der Waals surface area contributed by atoms with Crippen molar-refractivity contribution in [2.45, 2.75) is 108 Å². The fraction of sp³-hybridized carbons (Fsp3) is 0.529. The molecule has 0 radical (unpaired) electrons. The van der Waals surface area contributed by atoms with Crippen LogP contribution in [0.4, 0.5) is 5.69 Å². The van der Waals surface area contributed by atoms with Gasteiger partial charge >= 0.3 is 5.97 Å². The maximum Gasteiger partial charge on any atom is 0.334 e. The van der Waals surface area contributed by atoms with Crippen molar-refractivity contribution < 1.29 is 23.2 Å². The summed E-state index contributed by atoms with van der Waals surface area (Å²) in [6.07, 6.45) is 1.28. The maximum atomic E-state index is 14.8. The summed E-state index contributed by atoms with van der Waals surface area (Å²) in [5, 5.41) is -0.101. The molecule has 0 N–H and O–H groups in total. The predicted molar refractivity (Wildman–Crippen MR) is 175 cm³/mol. The molecule has 42 heavy (non-hydrogen) atoms. The molecule has 1 amide bonds. The van der Waals surface area contributed by atoms with Crippen LogP contribution in [0.15, 0.2) is 66.2 Å². The zero-order valence-corrected chi connectivity index (χ0v) is 29.3. The van der Waals surface area contributed by atoms with Crippen molar-refractivity contribution in [1.82, 2.24) is 0 Å². The minimum atomic E-state index is -2.31. The van der Waals surface area contributed by atoms with Crippen LogP contribution in [-0.2, 0) is 35.1 Å². The number of carbonyl (C=O) groups is 2. The van der Waals surface area contributed by atoms with Gasteiger partial charge in [-0.15, -0.1) is 0 Å². The summed E-state index contributed by atoms with van der Waals surface area (Å²) in [4.78, 5) is 30.3. The number of carbonyl (C=O) groups excluding carboxylic acids is 2. The summed E-state index contributed by atoms with van der Waals surface area (Å²) in [6.45, 7) is 22.6. The van der Waals surface area contributed by atoms with E-state index in [-0.39, 0.29) is 16.0 Å². The summed E-state index contributed by atoms with van der Waals surface area (Å²) >= 11 is 0. The van der Waals surface area contributed by atoms with Gasteiger partial charge in [-0.1, -0.05) is 90.1 Å². The third-order valence-electron chi connectivity index (χ3n) is 10.0. The van der Waals surface area contributed by atoms with Gasteiger partial charge in [0.2, 0.25) is 5.91 Å². The van der Waals surface area contributed by atoms with Crippen LogP contribution in [0.25, 0.3) is 0 Å². The molecule has 0 saturated carbocycles. The van der Waals surface area contributed by atoms with E-state index in [1.165, 1.54) is 7.11 Å². The van der Waals surface area contributed by atoms with Crippen LogP contribution >= 0.6 is 0 Å². The molecule has 228 valence electrons. The number of rotatable bonds is 7. The summed E-state index contributed by atoms with van der Waals surface area (Å²) in [5.41, 5.74) is 1.76. The highest BCUT2D eigenvalue weighted by molar-refractivity contribution is 6.74. The maximum absolute atomic E-state index is 14.8. The Bertz CT molecular complexity index is 1360. The Hall–Kier alpha value is -2.53. The first-order chi connectivity index (χ1) is 19.4. The number of para-hydroxylation sites is 1. The largest absolute Gasteiger partial charge is 0.466 e. The van der Waals surface area contributed by atoms with Crippen molar-refractivity contribution in [3.63, 3.8) is 0 Å². The molecule has 0 fully saturated rings. The molecule has 6 nitrogen and oxygen atoms in total. The average molecular weight is 608 g/mol. The quantitative estimate of drug-likeness (QED) is 0.238. The Balaban J connectivity index is 1.93. The number of amides is 1. The molecule has 3 atom stereocenters. The number of hydrogen-bond donors (Lipinski definition) is 0. The van der Waals surface area contributed by atoms with Crippen molar-refractivity contribution in [3.8, 4) is 0 Å². The molecule has 8 heteroatoms. The second kappa shape index (κ2) is 11.2. The molecule has 2 aliphatic rings. The monoisotopic (exact) mass is 607 g/mol. The normalized spacial score (nSPS) is 23.2. The third-order valence-corrected chi connectivity index (χ3v) is 19.0. The van der Waals surface area contributed by atoms with E-state index >= 15 is 0 Å². The summed E-state index contributed by atoms with van der Waals surface area (Å²) in [5.74, 6) is -0.631. The molecular weight excluding hydrogens is 559 g/mol. The highest BCUT2D eigenvalue weighted by Crippen LogP contribution is 2.54. The number of anilines is 1. The number of fused-ring (bicyclic) bond motifs is 2. The van der Waals surface area contributed by atoms with E-state index in [1.54, 1.807) is 0 Å². The Labute approximate surface area is 254 Å². The average Bonchev–Trinajstić information content (AvgIpc) is 3.12. The standard InChI is InChI=1S/C34H49NO5Si2/c1-32(2,3)41(8,9)39-28-21-26(30(36)38-7)34(22-29(28)40-42(10,11)33(4,5)6)25-19-15-16-20-27(25)35(31(34)37)23-24-17-13-12-14-18-24/h12-21,28-29H,22-23H2,1-11H3/t28-,29-,34+/m1/s1. The van der Waals surface area contributed by atoms with E-state index in [9.17, 15) is 9.59 Å². The molecule has 4 rings (SSSR count). The Kier molecular flexibility index (Phi) is 8.63. The summed E-state index contributed by atoms with van der Waals surface area (Å²) < 4.78 is 19.5. The second-order valence-electron chi connectivity index (χ2n) is 14.8. The van der Waals surface area contributed by atoms with E-state index < -0.39 is 40.2 Å². The van der Waals surface area contributed by atoms with Gasteiger partial charge in [-0.2, -0.15) is 0 Å². The number of esters is 1. The SMILES string of the molecule is COC(=O)C1=C[C@@H](O[Si](C)(C)C(C)(C)C)[C@H](O[Si](C)(C)C(C)(C)C)C[C@@]12C(=O)N(Cc1ccccc1)c1ccccc12. The number of nitrogens with zero attached hydrogens (tertiary/aromatic N) is 1. The summed E-state index contributed by atoms with van der Waals surface area (Å²) in [7, 11) is -3.22. The van der Waals surface area contributed by atoms with Crippen LogP contribution in [0.3, 0.4) is 0 Å². The molecule has 0 saturated heterocycles. The van der Waals surface area contributed by atoms with Gasteiger partial charge in [0.1, 0.15) is 5.41 Å². The highest BCUT2D eigenvalue weighted by atomic mass is 28.4. The molecule has 0 aromatic heterocycles. The van der Waals surface area contributed by atoms with Gasteiger partial charge in [0.05, 0.1) is 31.4 Å². The lowest BCUT2D eigenvalue weighted by Crippen LogP contribution is -2.57. The summed E-state index contributed by atoms with van der Waals surface area (Å²) in [6, 6.07) is 17.8. The van der Waals surface area contributed by atoms with Crippen LogP contribution in [0.2, 0.25) is 36.3 Å². The van der Waals surface area contributed by atoms with E-state index in [0.717, 1.165) is 16.8 Å². The molecule has 1 aliphatic carbocycles. The lowest BCUT2D eigenvalue weighted by molar-refractivity contribution is -0.139. The lowest BCUT2D eigenvalue weighted by atomic mass is 9.67. The van der Waals surface area contributed by atoms with E-state index in [4.69, 9.17) is 13.6 Å². The lowest BCUT2D eigenvalue weighted by Gasteiger charge is -2.48. The van der Waals surface area contributed by atoms with E-state index in [1.807, 2.05) is 65.6 Å². The molecule has 1 spiro atoms. The van der Waals surface area contributed by atoms with Crippen LogP contribution < -0.4 is 4.90 Å². The molecule has 0 unspecified atom stereocenters. The van der Waals surface area contributed by atoms with Crippen LogP contribution in [0.5, 0.6) is 0 Å². The van der Waals surface area contributed by atoms with Gasteiger partial charge in [0.25, 0.3) is 0 Å². The zero-order valence-electron chi connectivity index (χ0n) is 27.3. The van der Waals surface area contributed by atoms with Gasteiger partial charge in [-0.25, -0.2) is 4.79 Å². The van der Waals surface area contributed by atoms with Crippen molar-refractivity contribution in [2.75, 3.05) is 12.0 Å². The van der Waals surface area contributed by atoms with Gasteiger partial charge in [-0.3, -0.25) is 4.79 Å². The van der Waals surface area contributed by atoms with Gasteiger partial charge in [0.15, 0.2) is 16.6 Å². The minimum Gasteiger partial charge on any atom is -0.466 e. The van der Waals surface area contributed by atoms with Crippen molar-refractivity contribution in [2.24, 2.45) is 0 Å². The molecule has 0 bridgehead atoms. The molecule has 2 aromatic rings. The zero-order chi connectivity index (χ0) is 31.3. The first kappa shape index (κ1) is 32.4. The number of ether oxygens (including phenoxy) is 1. The van der Waals surface area contributed by atoms with Crippen LogP contribution in [0, 0.1) is 0 Å². The topological polar surface area (TPSA) is 65.1 Å². The van der Waals surface area contributed by atoms with Gasteiger partial charge in [-0.05, 0) is 66.0 Å². The minimum absolute atomic E-state index is 0.0504. The van der Waals surface area contributed by atoms with E-state index in [2.05, 4.69) is 67.7 Å². The Morgan fingerprint density at radius 2 is 1.43 bits per heavy atom. The smallest absolute Gasteiger partial charge is 0.334 e. The predicted octanol–water partition coefficient (Wildman–Crippen LogP) is 7.76. The number of benzene rings is 2. The molecule has 1 aliphatic heterocycles. The highest BCUT2D eigenvalue weighted by Gasteiger charge is 2.60. The van der Waals surface area contributed by atoms with Gasteiger partial charge < -0.3 is 18.5 Å². The number of methoxy groups -OCH3 is 1. The van der Waals surface area contributed by atoms with Crippen molar-refractivity contribution in [1.29, 1.82) is 0 Å². The first-order valence-electron chi connectivity index (χ1n) is 15.0. The third kappa shape index (κ3) is 5.71. The Morgan fingerprint density at radius 1 is 0.881 bits per heavy atom. The second-order valence-corrected chi connectivity index (χ2v) is 24.3. The van der Waals surface area contributed by atoms with Crippen LogP contribution in [-0.4, -0.2) is 47.8 Å². The molecule has 2 aromatic carbocycles. The van der Waals surface area contributed by atoms with Crippen LogP contribution in [0.1, 0.15) is 59.1 Å². The van der Waals surface area contributed by atoms with E-state index in [0.29, 0.717) is 18.5 Å².